The van der Waals surface area contributed by atoms with Crippen molar-refractivity contribution in [2.24, 2.45) is 0 Å². The van der Waals surface area contributed by atoms with Gasteiger partial charge in [0.2, 0.25) is 0 Å². The Balaban J connectivity index is 0.959. The molecule has 3 aromatic heterocycles. The minimum absolute atomic E-state index is 0.614. The highest BCUT2D eigenvalue weighted by atomic mass is 16.3. The van der Waals surface area contributed by atoms with Crippen molar-refractivity contribution in [2.75, 3.05) is 0 Å². The van der Waals surface area contributed by atoms with Crippen LogP contribution in [0.15, 0.2) is 199 Å². The summed E-state index contributed by atoms with van der Waals surface area (Å²) in [6.07, 6.45) is 0. The quantitative estimate of drug-likeness (QED) is 0.172. The topological polar surface area (TPSA) is 56.7 Å². The molecular formula is C51H32N4O. The van der Waals surface area contributed by atoms with Gasteiger partial charge in [-0.3, -0.25) is 0 Å². The Hall–Kier alpha value is -7.63. The zero-order chi connectivity index (χ0) is 37.0. The van der Waals surface area contributed by atoms with Crippen LogP contribution in [-0.4, -0.2) is 19.5 Å². The van der Waals surface area contributed by atoms with E-state index in [1.54, 1.807) is 0 Å². The number of hydrogen-bond donors (Lipinski definition) is 0. The number of aromatic nitrogens is 4. The van der Waals surface area contributed by atoms with Crippen LogP contribution in [0.5, 0.6) is 0 Å². The second kappa shape index (κ2) is 13.0. The number of nitrogens with zero attached hydrogens (tertiary/aromatic N) is 4. The van der Waals surface area contributed by atoms with E-state index in [0.29, 0.717) is 17.5 Å². The zero-order valence-electron chi connectivity index (χ0n) is 30.2. The number of hydrogen-bond acceptors (Lipinski definition) is 4. The lowest BCUT2D eigenvalue weighted by Gasteiger charge is -2.09. The van der Waals surface area contributed by atoms with Gasteiger partial charge in [-0.25, -0.2) is 15.0 Å². The smallest absolute Gasteiger partial charge is 0.164 e. The van der Waals surface area contributed by atoms with Crippen molar-refractivity contribution in [3.63, 3.8) is 0 Å². The van der Waals surface area contributed by atoms with Gasteiger partial charge >= 0.3 is 0 Å². The Morgan fingerprint density at radius 2 is 0.732 bits per heavy atom. The van der Waals surface area contributed by atoms with Crippen LogP contribution in [-0.2, 0) is 0 Å². The summed E-state index contributed by atoms with van der Waals surface area (Å²) in [5.41, 5.74) is 12.6. The van der Waals surface area contributed by atoms with E-state index in [4.69, 9.17) is 19.4 Å². The van der Waals surface area contributed by atoms with E-state index in [0.717, 1.165) is 55.4 Å². The van der Waals surface area contributed by atoms with Gasteiger partial charge in [-0.1, -0.05) is 133 Å². The molecule has 0 saturated heterocycles. The van der Waals surface area contributed by atoms with Crippen LogP contribution >= 0.6 is 0 Å². The second-order valence-corrected chi connectivity index (χ2v) is 14.1. The lowest BCUT2D eigenvalue weighted by atomic mass is 9.98. The van der Waals surface area contributed by atoms with Crippen molar-refractivity contribution in [1.29, 1.82) is 0 Å². The van der Waals surface area contributed by atoms with Crippen LogP contribution in [0.3, 0.4) is 0 Å². The SMILES string of the molecule is c1ccc(-c2nc(-c3ccccc3)nc(-c3ccc4oc5ccc(-c6ccc(-c7ccc8c(c7)c7ccccc7n8-c7ccccc7)cc6)cc5c4c3)n2)cc1. The molecule has 0 spiro atoms. The van der Waals surface area contributed by atoms with Gasteiger partial charge in [0, 0.05) is 43.9 Å². The molecule has 0 fully saturated rings. The maximum absolute atomic E-state index is 6.34. The largest absolute Gasteiger partial charge is 0.456 e. The molecule has 56 heavy (non-hydrogen) atoms. The summed E-state index contributed by atoms with van der Waals surface area (Å²) in [6.45, 7) is 0. The first-order valence-corrected chi connectivity index (χ1v) is 18.8. The van der Waals surface area contributed by atoms with Gasteiger partial charge in [0.15, 0.2) is 17.5 Å². The summed E-state index contributed by atoms with van der Waals surface area (Å²) in [4.78, 5) is 14.8. The molecule has 8 aromatic carbocycles. The van der Waals surface area contributed by atoms with E-state index < -0.39 is 0 Å². The van der Waals surface area contributed by atoms with E-state index in [2.05, 4.69) is 126 Å². The molecule has 0 N–H and O–H groups in total. The maximum Gasteiger partial charge on any atom is 0.164 e. The van der Waals surface area contributed by atoms with E-state index in [1.807, 2.05) is 72.8 Å². The molecule has 3 heterocycles. The Morgan fingerprint density at radius 1 is 0.304 bits per heavy atom. The van der Waals surface area contributed by atoms with Crippen molar-refractivity contribution in [2.45, 2.75) is 0 Å². The number of benzene rings is 8. The molecule has 0 amide bonds. The molecule has 0 unspecified atom stereocenters. The van der Waals surface area contributed by atoms with E-state index in [9.17, 15) is 0 Å². The summed E-state index contributed by atoms with van der Waals surface area (Å²) in [5, 5.41) is 4.55. The summed E-state index contributed by atoms with van der Waals surface area (Å²) in [5.74, 6) is 1.89. The average molecular weight is 717 g/mol. The summed E-state index contributed by atoms with van der Waals surface area (Å²) < 4.78 is 8.69. The predicted molar refractivity (Wildman–Crippen MR) is 229 cm³/mol. The lowest BCUT2D eigenvalue weighted by Crippen LogP contribution is -2.00. The Bertz CT molecular complexity index is 3160. The Morgan fingerprint density at radius 3 is 1.34 bits per heavy atom. The van der Waals surface area contributed by atoms with Crippen molar-refractivity contribution in [1.82, 2.24) is 19.5 Å². The molecule has 0 radical (unpaired) electrons. The first kappa shape index (κ1) is 31.9. The van der Waals surface area contributed by atoms with Gasteiger partial charge in [-0.05, 0) is 82.9 Å². The molecule has 0 aliphatic heterocycles. The number of rotatable bonds is 6. The molecule has 0 atom stereocenters. The fraction of sp³-hybridized carbons (Fsp3) is 0. The number of furan rings is 1. The summed E-state index contributed by atoms with van der Waals surface area (Å²) in [7, 11) is 0. The highest BCUT2D eigenvalue weighted by molar-refractivity contribution is 6.11. The van der Waals surface area contributed by atoms with Crippen LogP contribution in [0.25, 0.3) is 106 Å². The van der Waals surface area contributed by atoms with Crippen molar-refractivity contribution in [3.05, 3.63) is 194 Å². The zero-order valence-corrected chi connectivity index (χ0v) is 30.2. The average Bonchev–Trinajstić information content (AvgIpc) is 3.82. The lowest BCUT2D eigenvalue weighted by molar-refractivity contribution is 0.669. The van der Waals surface area contributed by atoms with E-state index in [-0.39, 0.29) is 0 Å². The van der Waals surface area contributed by atoms with Gasteiger partial charge in [0.1, 0.15) is 11.2 Å². The second-order valence-electron chi connectivity index (χ2n) is 14.1. The molecule has 5 nitrogen and oxygen atoms in total. The summed E-state index contributed by atoms with van der Waals surface area (Å²) in [6, 6.07) is 67.6. The molecule has 0 aliphatic rings. The Labute approximate surface area is 322 Å². The van der Waals surface area contributed by atoms with Gasteiger partial charge in [0.05, 0.1) is 11.0 Å². The van der Waals surface area contributed by atoms with Crippen LogP contribution in [0.1, 0.15) is 0 Å². The van der Waals surface area contributed by atoms with Gasteiger partial charge in [-0.2, -0.15) is 0 Å². The van der Waals surface area contributed by atoms with Crippen LogP contribution in [0, 0.1) is 0 Å². The van der Waals surface area contributed by atoms with Gasteiger partial charge in [-0.15, -0.1) is 0 Å². The van der Waals surface area contributed by atoms with Crippen molar-refractivity contribution >= 4 is 43.7 Å². The van der Waals surface area contributed by atoms with E-state index >= 15 is 0 Å². The third-order valence-corrected chi connectivity index (χ3v) is 10.7. The number of fused-ring (bicyclic) bond motifs is 6. The van der Waals surface area contributed by atoms with Crippen LogP contribution in [0.2, 0.25) is 0 Å². The fourth-order valence-electron chi connectivity index (χ4n) is 7.90. The Kier molecular flexibility index (Phi) is 7.42. The van der Waals surface area contributed by atoms with Crippen LogP contribution < -0.4 is 0 Å². The maximum atomic E-state index is 6.34. The predicted octanol–water partition coefficient (Wildman–Crippen LogP) is 13.2. The molecular weight excluding hydrogens is 685 g/mol. The molecule has 262 valence electrons. The molecule has 11 rings (SSSR count). The standard InChI is InChI=1S/C51H32N4O/c1-4-12-35(13-5-1)49-52-50(36-14-6-2-7-15-36)54-51(53-49)39-26-29-48-44(32-39)43-31-38(25-28-47(43)56-48)34-22-20-33(21-23-34)37-24-27-46-42(30-37)41-18-10-11-19-45(41)55(46)40-16-8-3-9-17-40/h1-32H. The first-order valence-electron chi connectivity index (χ1n) is 18.8. The first-order chi connectivity index (χ1) is 27.7. The number of para-hydroxylation sites is 2. The van der Waals surface area contributed by atoms with Crippen molar-refractivity contribution in [3.8, 4) is 62.1 Å². The highest BCUT2D eigenvalue weighted by Crippen LogP contribution is 2.38. The fourth-order valence-corrected chi connectivity index (χ4v) is 7.90. The third-order valence-electron chi connectivity index (χ3n) is 10.7. The highest BCUT2D eigenvalue weighted by Gasteiger charge is 2.16. The minimum atomic E-state index is 0.614. The molecule has 11 aromatic rings. The van der Waals surface area contributed by atoms with Crippen molar-refractivity contribution < 1.29 is 4.42 Å². The molecule has 0 saturated carbocycles. The summed E-state index contributed by atoms with van der Waals surface area (Å²) >= 11 is 0. The van der Waals surface area contributed by atoms with Crippen LogP contribution in [0.4, 0.5) is 0 Å². The molecule has 5 heteroatoms. The minimum Gasteiger partial charge on any atom is -0.456 e. The van der Waals surface area contributed by atoms with Gasteiger partial charge in [0.25, 0.3) is 0 Å². The molecule has 0 bridgehead atoms. The normalized spacial score (nSPS) is 11.6. The van der Waals surface area contributed by atoms with E-state index in [1.165, 1.54) is 32.9 Å². The monoisotopic (exact) mass is 716 g/mol. The third kappa shape index (κ3) is 5.45. The van der Waals surface area contributed by atoms with Gasteiger partial charge < -0.3 is 8.98 Å². The molecule has 0 aliphatic carbocycles.